The number of fused-ring (bicyclic) bond motifs is 2. The van der Waals surface area contributed by atoms with Crippen LogP contribution in [0.15, 0.2) is 12.7 Å². The minimum absolute atomic E-state index is 0. The fraction of sp³-hybridized carbons (Fsp3) is 0.708. The number of esters is 4. The molecule has 0 amide bonds. The Bertz CT molecular complexity index is 2880. The zero-order chi connectivity index (χ0) is 60.3. The number of carbonyl (C=O) groups excluding carboxylic acids is 4. The Morgan fingerprint density at radius 2 is 1.01 bits per heavy atom. The van der Waals surface area contributed by atoms with Gasteiger partial charge in [0.1, 0.15) is 65.9 Å². The Balaban J connectivity index is 0.000000348. The van der Waals surface area contributed by atoms with E-state index in [9.17, 15) is 48.7 Å². The number of carbonyl (C=O) groups is 4. The van der Waals surface area contributed by atoms with Crippen molar-refractivity contribution in [3.63, 3.8) is 0 Å². The standard InChI is InChI=1S/C24H38N5O11P.C23H37N6O10P.CH4/c1-12(2)8-15(24(33)39-13(3)4)28-41(34,38-10-17(30)35-6)37-9-16-19(31)20(32)23(40-16)29-11-25-18-21(29)26-14(5)27-22(18)36-7;1-11(2)7-14(23(33)38-12(3)4)28-40(34,37-9-16(30)35-6)36-8-15-18(31)19(32)22(39-15)29-10-25-17-20(24)26-13(5)27-21(17)29;/h11-13,15-16,19-20,23,31-32H,8-10H2,1-7H3,(H,28,34);10-12,14-15,18-19,22,31-32H,7-9H2,1-6H3,(H,28,34)(H2,24,26,27);1H4/t15-,16+,19-,20?,23+,41?;14-,15+,18-,19?,22+,40?;/m00./s1. The molecule has 2 fully saturated rings. The van der Waals surface area contributed by atoms with Crippen molar-refractivity contribution in [3.8, 4) is 5.88 Å². The maximum absolute atomic E-state index is 13.7. The molecule has 6 rings (SSSR count). The topological polar surface area (TPSA) is 422 Å². The van der Waals surface area contributed by atoms with Crippen LogP contribution in [0.1, 0.15) is 99.8 Å². The van der Waals surface area contributed by atoms with Crippen molar-refractivity contribution >= 4 is 67.5 Å². The van der Waals surface area contributed by atoms with Crippen LogP contribution in [0.2, 0.25) is 0 Å². The number of anilines is 1. The van der Waals surface area contributed by atoms with Gasteiger partial charge in [0.05, 0.1) is 59.4 Å². The van der Waals surface area contributed by atoms with Crippen LogP contribution < -0.4 is 20.6 Å². The smallest absolute Gasteiger partial charge is 0.406 e. The predicted octanol–water partition coefficient (Wildman–Crippen LogP) is 2.28. The zero-order valence-corrected chi connectivity index (χ0v) is 49.0. The lowest BCUT2D eigenvalue weighted by Crippen LogP contribution is -2.40. The number of aliphatic hydroxyl groups is 4. The van der Waals surface area contributed by atoms with Gasteiger partial charge in [0.25, 0.3) is 0 Å². The van der Waals surface area contributed by atoms with Gasteiger partial charge in [0.15, 0.2) is 48.3 Å². The van der Waals surface area contributed by atoms with E-state index in [2.05, 4.69) is 49.6 Å². The van der Waals surface area contributed by atoms with E-state index in [0.29, 0.717) is 22.8 Å². The molecular formula is C48H79N11O21P2. The monoisotopic (exact) mass is 1210 g/mol. The molecular weight excluding hydrogens is 1130 g/mol. The molecule has 32 nitrogen and oxygen atoms in total. The van der Waals surface area contributed by atoms with Crippen molar-refractivity contribution < 1.29 is 100.0 Å². The lowest BCUT2D eigenvalue weighted by molar-refractivity contribution is -0.151. The van der Waals surface area contributed by atoms with Crippen molar-refractivity contribution in [2.45, 2.75) is 163 Å². The molecule has 4 aromatic heterocycles. The first-order chi connectivity index (χ1) is 38.0. The summed E-state index contributed by atoms with van der Waals surface area (Å²) in [6.07, 6.45) is -8.39. The second-order valence-corrected chi connectivity index (χ2v) is 23.6. The first-order valence-electron chi connectivity index (χ1n) is 25.7. The summed E-state index contributed by atoms with van der Waals surface area (Å²) in [5.74, 6) is -2.00. The molecule has 2 aliphatic rings. The lowest BCUT2D eigenvalue weighted by Gasteiger charge is -2.26. The van der Waals surface area contributed by atoms with Crippen LogP contribution >= 0.6 is 15.5 Å². The Morgan fingerprint density at radius 3 is 1.39 bits per heavy atom. The summed E-state index contributed by atoms with van der Waals surface area (Å²) in [4.78, 5) is 74.2. The molecule has 6 heterocycles. The second-order valence-electron chi connectivity index (χ2n) is 20.1. The summed E-state index contributed by atoms with van der Waals surface area (Å²) in [5, 5.41) is 48.1. The van der Waals surface area contributed by atoms with Gasteiger partial charge >= 0.3 is 39.4 Å². The number of aryl methyl sites for hydroxylation is 2. The first-order valence-corrected chi connectivity index (χ1v) is 28.7. The van der Waals surface area contributed by atoms with Crippen molar-refractivity contribution in [2.24, 2.45) is 11.8 Å². The number of nitrogen functional groups attached to an aromatic ring is 1. The highest BCUT2D eigenvalue weighted by Gasteiger charge is 2.48. The van der Waals surface area contributed by atoms with Crippen LogP contribution in [-0.2, 0) is 74.8 Å². The fourth-order valence-corrected chi connectivity index (χ4v) is 10.9. The molecule has 0 spiro atoms. The number of hydrogen-bond acceptors (Lipinski definition) is 28. The van der Waals surface area contributed by atoms with Crippen LogP contribution in [0.25, 0.3) is 22.3 Å². The molecule has 0 aromatic carbocycles. The van der Waals surface area contributed by atoms with Gasteiger partial charge in [-0.25, -0.2) is 53.8 Å². The summed E-state index contributed by atoms with van der Waals surface area (Å²) in [6, 6.07) is -2.21. The van der Waals surface area contributed by atoms with Gasteiger partial charge in [-0.2, -0.15) is 4.98 Å². The van der Waals surface area contributed by atoms with Crippen LogP contribution in [0.4, 0.5) is 5.82 Å². The molecule has 462 valence electrons. The number of ether oxygens (including phenoxy) is 7. The molecule has 2 aliphatic heterocycles. The summed E-state index contributed by atoms with van der Waals surface area (Å²) >= 11 is 0. The van der Waals surface area contributed by atoms with E-state index in [0.717, 1.165) is 14.2 Å². The van der Waals surface area contributed by atoms with Crippen molar-refractivity contribution in [2.75, 3.05) is 53.5 Å². The molecule has 4 aromatic rings. The van der Waals surface area contributed by atoms with Crippen LogP contribution in [0.5, 0.6) is 5.88 Å². The van der Waals surface area contributed by atoms with Gasteiger partial charge in [-0.3, -0.25) is 36.8 Å². The molecule has 0 bridgehead atoms. The SMILES string of the molecule is C.COC(=O)COP(=O)(N[C@@H](CC(C)C)C(=O)OC(C)C)OC[C@H]1O[C@@H](n2cnc3c(N)nc(C)nc32)C(O)[C@H]1O.COC(=O)COP(=O)(N[C@@H](CC(C)C)C(=O)OC(C)C)OC[C@H]1O[C@@H](n2cnc3c(OC)nc(C)nc32)C(O)[C@H]1O. The third-order valence-corrected chi connectivity index (χ3v) is 14.9. The molecule has 0 radical (unpaired) electrons. The molecule has 34 heteroatoms. The summed E-state index contributed by atoms with van der Waals surface area (Å²) < 4.78 is 88.4. The van der Waals surface area contributed by atoms with Gasteiger partial charge in [-0.05, 0) is 66.2 Å². The first kappa shape index (κ1) is 69.1. The Kier molecular flexibility index (Phi) is 25.6. The highest BCUT2D eigenvalue weighted by molar-refractivity contribution is 7.52. The number of aromatic nitrogens is 8. The number of imidazole rings is 2. The summed E-state index contributed by atoms with van der Waals surface area (Å²) in [6.45, 7) is 14.7. The minimum atomic E-state index is -4.41. The van der Waals surface area contributed by atoms with E-state index in [4.69, 9.17) is 47.5 Å². The van der Waals surface area contributed by atoms with Gasteiger partial charge in [0.2, 0.25) is 5.88 Å². The van der Waals surface area contributed by atoms with E-state index in [1.165, 1.54) is 28.9 Å². The normalized spacial score (nSPS) is 23.0. The van der Waals surface area contributed by atoms with E-state index >= 15 is 0 Å². The quantitative estimate of drug-likeness (QED) is 0.0256. The number of rotatable bonds is 27. The third kappa shape index (κ3) is 18.3. The third-order valence-electron chi connectivity index (χ3n) is 11.8. The van der Waals surface area contributed by atoms with Crippen molar-refractivity contribution in [3.05, 3.63) is 24.3 Å². The van der Waals surface area contributed by atoms with Gasteiger partial charge in [-0.15, -0.1) is 0 Å². The van der Waals surface area contributed by atoms with Gasteiger partial charge in [0, 0.05) is 0 Å². The second kappa shape index (κ2) is 30.4. The van der Waals surface area contributed by atoms with Crippen LogP contribution in [0, 0.1) is 25.7 Å². The number of methoxy groups -OCH3 is 3. The van der Waals surface area contributed by atoms with E-state index in [1.807, 2.05) is 27.7 Å². The highest BCUT2D eigenvalue weighted by Crippen LogP contribution is 2.48. The maximum Gasteiger partial charge on any atom is 0.406 e. The Labute approximate surface area is 473 Å². The highest BCUT2D eigenvalue weighted by atomic mass is 31.2. The van der Waals surface area contributed by atoms with Crippen molar-refractivity contribution in [1.29, 1.82) is 0 Å². The maximum atomic E-state index is 13.7. The number of nitrogens with one attached hydrogen (secondary N) is 2. The molecule has 8 N–H and O–H groups in total. The van der Waals surface area contributed by atoms with E-state index in [-0.39, 0.29) is 55.0 Å². The molecule has 0 saturated carbocycles. The molecule has 4 unspecified atom stereocenters. The summed E-state index contributed by atoms with van der Waals surface area (Å²) in [7, 11) is -5.14. The number of hydrogen-bond donors (Lipinski definition) is 7. The largest absolute Gasteiger partial charge is 0.479 e. The van der Waals surface area contributed by atoms with E-state index in [1.54, 1.807) is 41.5 Å². The minimum Gasteiger partial charge on any atom is -0.479 e. The Hall–Kier alpha value is -5.44. The van der Waals surface area contributed by atoms with Crippen LogP contribution in [-0.4, -0.2) is 192 Å². The molecule has 12 atom stereocenters. The number of aliphatic hydroxyl groups excluding tert-OH is 4. The molecule has 82 heavy (non-hydrogen) atoms. The van der Waals surface area contributed by atoms with Gasteiger partial charge < -0.3 is 59.3 Å². The molecule has 0 aliphatic carbocycles. The number of nitrogens with two attached hydrogens (primary N) is 1. The Morgan fingerprint density at radius 1 is 0.622 bits per heavy atom. The average molecular weight is 1210 g/mol. The lowest BCUT2D eigenvalue weighted by atomic mass is 10.0. The van der Waals surface area contributed by atoms with E-state index < -0.39 is 139 Å². The van der Waals surface area contributed by atoms with Gasteiger partial charge in [-0.1, -0.05) is 35.1 Å². The molecule has 2 saturated heterocycles. The fourth-order valence-electron chi connectivity index (χ4n) is 8.07. The van der Waals surface area contributed by atoms with Crippen LogP contribution in [0.3, 0.4) is 0 Å². The predicted molar refractivity (Wildman–Crippen MR) is 288 cm³/mol. The van der Waals surface area contributed by atoms with Crippen molar-refractivity contribution in [1.82, 2.24) is 49.2 Å². The number of nitrogens with zero attached hydrogens (tertiary/aromatic N) is 8. The summed E-state index contributed by atoms with van der Waals surface area (Å²) in [5.41, 5.74) is 7.08. The average Bonchev–Trinajstić information content (AvgIpc) is 4.26. The zero-order valence-electron chi connectivity index (χ0n) is 47.3.